The summed E-state index contributed by atoms with van der Waals surface area (Å²) in [5, 5.41) is 0. The third-order valence-electron chi connectivity index (χ3n) is 3.33. The second kappa shape index (κ2) is 5.43. The Kier molecular flexibility index (Phi) is 4.59. The van der Waals surface area contributed by atoms with Gasteiger partial charge in [0, 0.05) is 19.0 Å². The SMILES string of the molecule is CC(C)(C)OC(=O)N1CCC(C)(F)C(CCN)C1. The zero-order chi connectivity index (χ0) is 14.0. The van der Waals surface area contributed by atoms with Gasteiger partial charge in [-0.25, -0.2) is 9.18 Å². The van der Waals surface area contributed by atoms with Crippen LogP contribution in [0.1, 0.15) is 40.5 Å². The van der Waals surface area contributed by atoms with Gasteiger partial charge < -0.3 is 15.4 Å². The molecule has 1 amide bonds. The topological polar surface area (TPSA) is 55.6 Å². The van der Waals surface area contributed by atoms with Crippen molar-refractivity contribution in [1.29, 1.82) is 0 Å². The second-order valence-electron chi connectivity index (χ2n) is 6.23. The highest BCUT2D eigenvalue weighted by molar-refractivity contribution is 5.68. The molecule has 1 aliphatic rings. The first kappa shape index (κ1) is 15.2. The molecule has 1 heterocycles. The van der Waals surface area contributed by atoms with E-state index in [0.717, 1.165) is 0 Å². The number of alkyl halides is 1. The third-order valence-corrected chi connectivity index (χ3v) is 3.33. The van der Waals surface area contributed by atoms with Crippen LogP contribution in [0.15, 0.2) is 0 Å². The van der Waals surface area contributed by atoms with Crippen molar-refractivity contribution < 1.29 is 13.9 Å². The molecule has 106 valence electrons. The number of nitrogens with two attached hydrogens (primary N) is 1. The van der Waals surface area contributed by atoms with Crippen LogP contribution in [-0.2, 0) is 4.74 Å². The first-order valence-electron chi connectivity index (χ1n) is 6.52. The summed E-state index contributed by atoms with van der Waals surface area (Å²) >= 11 is 0. The van der Waals surface area contributed by atoms with Gasteiger partial charge in [0.1, 0.15) is 11.3 Å². The Bertz CT molecular complexity index is 300. The number of nitrogens with zero attached hydrogens (tertiary/aromatic N) is 1. The molecule has 2 unspecified atom stereocenters. The standard InChI is InChI=1S/C13H25FN2O2/c1-12(2,3)18-11(17)16-8-6-13(4,14)10(9-16)5-7-15/h10H,5-9,15H2,1-4H3. The molecule has 18 heavy (non-hydrogen) atoms. The summed E-state index contributed by atoms with van der Waals surface area (Å²) in [4.78, 5) is 13.5. The number of hydrogen-bond acceptors (Lipinski definition) is 3. The van der Waals surface area contributed by atoms with Crippen molar-refractivity contribution >= 4 is 6.09 Å². The fourth-order valence-electron chi connectivity index (χ4n) is 2.19. The van der Waals surface area contributed by atoms with Crippen LogP contribution in [0.3, 0.4) is 0 Å². The van der Waals surface area contributed by atoms with Gasteiger partial charge in [0.15, 0.2) is 0 Å². The highest BCUT2D eigenvalue weighted by Crippen LogP contribution is 2.33. The summed E-state index contributed by atoms with van der Waals surface area (Å²) in [6.07, 6.45) is 0.573. The van der Waals surface area contributed by atoms with Crippen LogP contribution in [-0.4, -0.2) is 41.9 Å². The van der Waals surface area contributed by atoms with E-state index in [1.54, 1.807) is 11.8 Å². The zero-order valence-corrected chi connectivity index (χ0v) is 11.8. The predicted octanol–water partition coefficient (Wildman–Crippen LogP) is 2.32. The van der Waals surface area contributed by atoms with Crippen molar-refractivity contribution in [2.75, 3.05) is 19.6 Å². The number of halogens is 1. The summed E-state index contributed by atoms with van der Waals surface area (Å²) in [5.74, 6) is -0.205. The maximum Gasteiger partial charge on any atom is 0.410 e. The lowest BCUT2D eigenvalue weighted by Crippen LogP contribution is -2.51. The molecule has 1 rings (SSSR count). The molecule has 1 aliphatic heterocycles. The number of amides is 1. The van der Waals surface area contributed by atoms with Crippen LogP contribution < -0.4 is 5.73 Å². The molecule has 0 saturated carbocycles. The van der Waals surface area contributed by atoms with Gasteiger partial charge in [0.25, 0.3) is 0 Å². The van der Waals surface area contributed by atoms with Crippen molar-refractivity contribution in [2.24, 2.45) is 11.7 Å². The molecule has 0 aromatic rings. The average Bonchev–Trinajstić information content (AvgIpc) is 2.18. The molecule has 1 fully saturated rings. The second-order valence-corrected chi connectivity index (χ2v) is 6.23. The number of likely N-dealkylation sites (tertiary alicyclic amines) is 1. The summed E-state index contributed by atoms with van der Waals surface area (Å²) in [6.45, 7) is 8.30. The van der Waals surface area contributed by atoms with Crippen molar-refractivity contribution in [3.63, 3.8) is 0 Å². The molecule has 0 aliphatic carbocycles. The quantitative estimate of drug-likeness (QED) is 0.829. The minimum absolute atomic E-state index is 0.205. The molecule has 5 heteroatoms. The molecular weight excluding hydrogens is 235 g/mol. The molecule has 1 saturated heterocycles. The van der Waals surface area contributed by atoms with E-state index >= 15 is 0 Å². The molecule has 0 aromatic carbocycles. The Labute approximate surface area is 109 Å². The zero-order valence-electron chi connectivity index (χ0n) is 11.8. The molecule has 0 spiro atoms. The number of carbonyl (C=O) groups excluding carboxylic acids is 1. The van der Waals surface area contributed by atoms with Gasteiger partial charge in [-0.3, -0.25) is 0 Å². The van der Waals surface area contributed by atoms with Gasteiger partial charge in [-0.15, -0.1) is 0 Å². The fourth-order valence-corrected chi connectivity index (χ4v) is 2.19. The van der Waals surface area contributed by atoms with E-state index < -0.39 is 11.3 Å². The van der Waals surface area contributed by atoms with Crippen LogP contribution >= 0.6 is 0 Å². The Morgan fingerprint density at radius 2 is 2.17 bits per heavy atom. The van der Waals surface area contributed by atoms with Gasteiger partial charge in [0.2, 0.25) is 0 Å². The van der Waals surface area contributed by atoms with Crippen molar-refractivity contribution in [2.45, 2.75) is 51.8 Å². The summed E-state index contributed by atoms with van der Waals surface area (Å²) in [5.41, 5.74) is 3.75. The lowest BCUT2D eigenvalue weighted by atomic mass is 9.82. The Balaban J connectivity index is 2.63. The monoisotopic (exact) mass is 260 g/mol. The molecule has 4 nitrogen and oxygen atoms in total. The largest absolute Gasteiger partial charge is 0.444 e. The highest BCUT2D eigenvalue weighted by atomic mass is 19.1. The van der Waals surface area contributed by atoms with Gasteiger partial charge in [-0.05, 0) is 47.1 Å². The third kappa shape index (κ3) is 4.12. The number of ether oxygens (including phenoxy) is 1. The normalized spacial score (nSPS) is 29.2. The van der Waals surface area contributed by atoms with Gasteiger partial charge >= 0.3 is 6.09 Å². The van der Waals surface area contributed by atoms with E-state index in [-0.39, 0.29) is 12.0 Å². The van der Waals surface area contributed by atoms with Gasteiger partial charge in [-0.1, -0.05) is 0 Å². The average molecular weight is 260 g/mol. The minimum Gasteiger partial charge on any atom is -0.444 e. The van der Waals surface area contributed by atoms with E-state index in [4.69, 9.17) is 10.5 Å². The van der Waals surface area contributed by atoms with E-state index in [2.05, 4.69) is 0 Å². The maximum absolute atomic E-state index is 14.3. The Hall–Kier alpha value is -0.840. The summed E-state index contributed by atoms with van der Waals surface area (Å²) in [7, 11) is 0. The van der Waals surface area contributed by atoms with E-state index in [1.807, 2.05) is 20.8 Å². The highest BCUT2D eigenvalue weighted by Gasteiger charge is 2.41. The maximum atomic E-state index is 14.3. The molecular formula is C13H25FN2O2. The van der Waals surface area contributed by atoms with Crippen LogP contribution in [0.25, 0.3) is 0 Å². The number of hydrogen-bond donors (Lipinski definition) is 1. The van der Waals surface area contributed by atoms with Crippen molar-refractivity contribution in [3.05, 3.63) is 0 Å². The Morgan fingerprint density at radius 1 is 1.56 bits per heavy atom. The van der Waals surface area contributed by atoms with Gasteiger partial charge in [0.05, 0.1) is 0 Å². The summed E-state index contributed by atoms with van der Waals surface area (Å²) in [6, 6.07) is 0. The number of piperidine rings is 1. The van der Waals surface area contributed by atoms with Gasteiger partial charge in [-0.2, -0.15) is 0 Å². The van der Waals surface area contributed by atoms with E-state index in [9.17, 15) is 9.18 Å². The number of rotatable bonds is 2. The molecule has 2 atom stereocenters. The predicted molar refractivity (Wildman–Crippen MR) is 69.1 cm³/mol. The molecule has 0 radical (unpaired) electrons. The minimum atomic E-state index is -1.24. The summed E-state index contributed by atoms with van der Waals surface area (Å²) < 4.78 is 19.6. The first-order chi connectivity index (χ1) is 8.15. The fraction of sp³-hybridized carbons (Fsp3) is 0.923. The first-order valence-corrected chi connectivity index (χ1v) is 6.52. The van der Waals surface area contributed by atoms with Crippen LogP contribution in [0.2, 0.25) is 0 Å². The Morgan fingerprint density at radius 3 is 2.67 bits per heavy atom. The lowest BCUT2D eigenvalue weighted by Gasteiger charge is -2.41. The number of carbonyl (C=O) groups is 1. The lowest BCUT2D eigenvalue weighted by molar-refractivity contribution is -0.0181. The molecule has 0 bridgehead atoms. The van der Waals surface area contributed by atoms with Crippen molar-refractivity contribution in [1.82, 2.24) is 4.90 Å². The van der Waals surface area contributed by atoms with Crippen LogP contribution in [0.4, 0.5) is 9.18 Å². The molecule has 0 aromatic heterocycles. The van der Waals surface area contributed by atoms with E-state index in [0.29, 0.717) is 32.5 Å². The van der Waals surface area contributed by atoms with Crippen LogP contribution in [0.5, 0.6) is 0 Å². The van der Waals surface area contributed by atoms with Crippen molar-refractivity contribution in [3.8, 4) is 0 Å². The van der Waals surface area contributed by atoms with Crippen LogP contribution in [0, 0.1) is 5.92 Å². The smallest absolute Gasteiger partial charge is 0.410 e. The van der Waals surface area contributed by atoms with E-state index in [1.165, 1.54) is 0 Å². The molecule has 2 N–H and O–H groups in total.